The Bertz CT molecular complexity index is 1590. The molecule has 2 aromatic carbocycles. The molecule has 1 unspecified atom stereocenters. The molecule has 3 aromatic heterocycles. The monoisotopic (exact) mass is 512 g/mol. The molecule has 5 aromatic rings. The highest BCUT2D eigenvalue weighted by Crippen LogP contribution is 2.34. The van der Waals surface area contributed by atoms with Crippen molar-refractivity contribution in [3.05, 3.63) is 53.9 Å². The van der Waals surface area contributed by atoms with E-state index in [4.69, 9.17) is 20.0 Å². The Kier molecular flexibility index (Phi) is 6.42. The Labute approximate surface area is 220 Å². The van der Waals surface area contributed by atoms with Crippen LogP contribution in [0.4, 0.5) is 17.5 Å². The molecule has 0 saturated carbocycles. The molecule has 0 spiro atoms. The summed E-state index contributed by atoms with van der Waals surface area (Å²) in [6.45, 7) is 7.68. The van der Waals surface area contributed by atoms with Gasteiger partial charge < -0.3 is 20.2 Å². The lowest BCUT2D eigenvalue weighted by Gasteiger charge is -2.32. The first-order valence-corrected chi connectivity index (χ1v) is 13.0. The van der Waals surface area contributed by atoms with Gasteiger partial charge in [-0.2, -0.15) is 10.1 Å². The summed E-state index contributed by atoms with van der Waals surface area (Å²) < 4.78 is 13.3. The maximum absolute atomic E-state index is 6.36. The average molecular weight is 513 g/mol. The fourth-order valence-electron chi connectivity index (χ4n) is 5.37. The predicted octanol–water partition coefficient (Wildman–Crippen LogP) is 4.86. The molecular formula is C28H32N8O2. The number of benzene rings is 2. The molecule has 10 nitrogen and oxygen atoms in total. The minimum atomic E-state index is 0.207. The summed E-state index contributed by atoms with van der Waals surface area (Å²) in [6, 6.07) is 12.8. The summed E-state index contributed by atoms with van der Waals surface area (Å²) in [5.74, 6) is 0.433. The second-order valence-corrected chi connectivity index (χ2v) is 9.99. The second-order valence-electron chi connectivity index (χ2n) is 9.99. The van der Waals surface area contributed by atoms with Crippen molar-refractivity contribution in [3.63, 3.8) is 0 Å². The van der Waals surface area contributed by atoms with Crippen LogP contribution in [0.1, 0.15) is 30.0 Å². The lowest BCUT2D eigenvalue weighted by molar-refractivity contribution is 0.114. The summed E-state index contributed by atoms with van der Waals surface area (Å²) in [5.41, 5.74) is 13.6. The quantitative estimate of drug-likeness (QED) is 0.315. The molecule has 1 fully saturated rings. The fourth-order valence-corrected chi connectivity index (χ4v) is 5.37. The van der Waals surface area contributed by atoms with E-state index in [9.17, 15) is 0 Å². The number of fused-ring (bicyclic) bond motifs is 2. The molecule has 38 heavy (non-hydrogen) atoms. The second kappa shape index (κ2) is 10.0. The van der Waals surface area contributed by atoms with E-state index in [0.717, 1.165) is 89.3 Å². The van der Waals surface area contributed by atoms with Gasteiger partial charge in [-0.25, -0.2) is 14.6 Å². The number of nitrogens with two attached hydrogens (primary N) is 1. The molecule has 1 atom stereocenters. The van der Waals surface area contributed by atoms with E-state index in [0.29, 0.717) is 11.8 Å². The number of aryl methyl sites for hydroxylation is 2. The normalized spacial score (nSPS) is 16.4. The van der Waals surface area contributed by atoms with Crippen LogP contribution in [0.15, 0.2) is 47.1 Å². The summed E-state index contributed by atoms with van der Waals surface area (Å²) in [7, 11) is 1.74. The fraction of sp³-hybridized carbons (Fsp3) is 0.357. The molecule has 1 saturated heterocycles. The molecule has 0 bridgehead atoms. The number of nitrogens with zero attached hydrogens (tertiary/aromatic N) is 6. The van der Waals surface area contributed by atoms with E-state index in [2.05, 4.69) is 38.2 Å². The third-order valence-electron chi connectivity index (χ3n) is 7.19. The van der Waals surface area contributed by atoms with Gasteiger partial charge in [0.1, 0.15) is 23.4 Å². The molecule has 1 aliphatic heterocycles. The highest BCUT2D eigenvalue weighted by molar-refractivity contribution is 5.98. The summed E-state index contributed by atoms with van der Waals surface area (Å²) in [5, 5.41) is 9.11. The van der Waals surface area contributed by atoms with Crippen LogP contribution in [0, 0.1) is 13.8 Å². The SMILES string of the molecule is COCCN1CCCC(n2nc(-c3ccc(Nc4nc5cc(C)cc(C)c5o4)cc3)c3c(N)ncnc32)C1. The van der Waals surface area contributed by atoms with E-state index < -0.39 is 0 Å². The lowest BCUT2D eigenvalue weighted by Crippen LogP contribution is -2.38. The van der Waals surface area contributed by atoms with Crippen molar-refractivity contribution in [2.75, 3.05) is 44.4 Å². The lowest BCUT2D eigenvalue weighted by atomic mass is 10.1. The zero-order valence-corrected chi connectivity index (χ0v) is 21.9. The zero-order chi connectivity index (χ0) is 26.2. The van der Waals surface area contributed by atoms with Gasteiger partial charge in [0.25, 0.3) is 6.01 Å². The van der Waals surface area contributed by atoms with Crippen LogP contribution in [0.25, 0.3) is 33.4 Å². The molecule has 3 N–H and O–H groups in total. The largest absolute Gasteiger partial charge is 0.423 e. The van der Waals surface area contributed by atoms with Crippen LogP contribution >= 0.6 is 0 Å². The van der Waals surface area contributed by atoms with Gasteiger partial charge in [-0.1, -0.05) is 18.2 Å². The van der Waals surface area contributed by atoms with Crippen molar-refractivity contribution in [1.29, 1.82) is 0 Å². The number of rotatable bonds is 7. The number of anilines is 3. The van der Waals surface area contributed by atoms with Crippen LogP contribution in [0.5, 0.6) is 0 Å². The predicted molar refractivity (Wildman–Crippen MR) is 149 cm³/mol. The Morgan fingerprint density at radius 3 is 2.82 bits per heavy atom. The highest BCUT2D eigenvalue weighted by atomic mass is 16.5. The van der Waals surface area contributed by atoms with Gasteiger partial charge in [-0.15, -0.1) is 0 Å². The van der Waals surface area contributed by atoms with E-state index in [1.54, 1.807) is 7.11 Å². The van der Waals surface area contributed by atoms with Gasteiger partial charge in [-0.3, -0.25) is 4.90 Å². The molecule has 0 amide bonds. The van der Waals surface area contributed by atoms with E-state index >= 15 is 0 Å². The number of hydrogen-bond acceptors (Lipinski definition) is 9. The molecule has 1 aliphatic rings. The summed E-state index contributed by atoms with van der Waals surface area (Å²) >= 11 is 0. The maximum Gasteiger partial charge on any atom is 0.300 e. The Morgan fingerprint density at radius 2 is 2.00 bits per heavy atom. The molecule has 4 heterocycles. The highest BCUT2D eigenvalue weighted by Gasteiger charge is 2.26. The first-order valence-electron chi connectivity index (χ1n) is 13.0. The van der Waals surface area contributed by atoms with Crippen molar-refractivity contribution in [3.8, 4) is 11.3 Å². The van der Waals surface area contributed by atoms with Gasteiger partial charge in [0.15, 0.2) is 11.2 Å². The van der Waals surface area contributed by atoms with E-state index in [1.165, 1.54) is 6.33 Å². The summed E-state index contributed by atoms with van der Waals surface area (Å²) in [6.07, 6.45) is 3.65. The molecule has 10 heteroatoms. The van der Waals surface area contributed by atoms with Crippen LogP contribution < -0.4 is 11.1 Å². The number of ether oxygens (including phenoxy) is 1. The zero-order valence-electron chi connectivity index (χ0n) is 21.9. The number of hydrogen-bond donors (Lipinski definition) is 2. The third kappa shape index (κ3) is 4.57. The average Bonchev–Trinajstić information content (AvgIpc) is 3.50. The van der Waals surface area contributed by atoms with Crippen molar-refractivity contribution < 1.29 is 9.15 Å². The Balaban J connectivity index is 1.29. The van der Waals surface area contributed by atoms with Crippen molar-refractivity contribution in [2.45, 2.75) is 32.7 Å². The van der Waals surface area contributed by atoms with Crippen LogP contribution in [0.3, 0.4) is 0 Å². The minimum absolute atomic E-state index is 0.207. The summed E-state index contributed by atoms with van der Waals surface area (Å²) in [4.78, 5) is 15.9. The Morgan fingerprint density at radius 1 is 1.16 bits per heavy atom. The van der Waals surface area contributed by atoms with Crippen LogP contribution in [-0.2, 0) is 4.74 Å². The number of nitrogens with one attached hydrogen (secondary N) is 1. The minimum Gasteiger partial charge on any atom is -0.423 e. The third-order valence-corrected chi connectivity index (χ3v) is 7.19. The van der Waals surface area contributed by atoms with Gasteiger partial charge >= 0.3 is 0 Å². The number of oxazole rings is 1. The number of likely N-dealkylation sites (tertiary alicyclic amines) is 1. The van der Waals surface area contributed by atoms with Crippen molar-refractivity contribution in [2.24, 2.45) is 0 Å². The molecule has 196 valence electrons. The van der Waals surface area contributed by atoms with Crippen LogP contribution in [0.2, 0.25) is 0 Å². The van der Waals surface area contributed by atoms with Crippen molar-refractivity contribution in [1.82, 2.24) is 29.6 Å². The van der Waals surface area contributed by atoms with Gasteiger partial charge in [-0.05, 0) is 62.6 Å². The number of methoxy groups -OCH3 is 1. The number of nitrogen functional groups attached to an aromatic ring is 1. The van der Waals surface area contributed by atoms with Gasteiger partial charge in [0, 0.05) is 31.5 Å². The van der Waals surface area contributed by atoms with Gasteiger partial charge in [0.2, 0.25) is 0 Å². The topological polar surface area (TPSA) is 120 Å². The first kappa shape index (κ1) is 24.3. The number of aromatic nitrogens is 5. The van der Waals surface area contributed by atoms with E-state index in [-0.39, 0.29) is 6.04 Å². The van der Waals surface area contributed by atoms with Gasteiger partial charge in [0.05, 0.1) is 18.0 Å². The molecular weight excluding hydrogens is 480 g/mol. The molecule has 6 rings (SSSR count). The maximum atomic E-state index is 6.36. The molecule has 0 aliphatic carbocycles. The Hall–Kier alpha value is -4.02. The smallest absolute Gasteiger partial charge is 0.300 e. The molecule has 0 radical (unpaired) electrons. The van der Waals surface area contributed by atoms with Crippen molar-refractivity contribution >= 4 is 39.7 Å². The standard InChI is InChI=1S/C28H32N8O2/c1-17-13-18(2)25-22(14-17)33-28(38-25)32-20-8-6-19(7-9-20)24-23-26(29)30-16-31-27(23)36(34-24)21-5-4-10-35(15-21)11-12-37-3/h6-9,13-14,16,21H,4-5,10-12,15H2,1-3H3,(H,32,33)(H2,29,30,31). The van der Waals surface area contributed by atoms with Crippen LogP contribution in [-0.4, -0.2) is 63.0 Å². The number of piperidine rings is 1. The van der Waals surface area contributed by atoms with E-state index in [1.807, 2.05) is 41.9 Å². The first-order chi connectivity index (χ1) is 18.5.